The standard InChI is InChI=1S/C76H130O6/c1-4-7-10-13-16-19-22-25-27-29-31-33-35-36-37-38-39-40-42-43-45-47-49-51-54-57-60-63-66-69-75(78)81-72-73(71-80-74(77)68-65-62-59-56-53-24-21-18-15-12-9-6-3)82-76(79)70-67-64-61-58-55-52-50-48-46-44-41-34-32-30-28-26-23-20-17-14-11-8-5-2/h7-8,10-11,16-21,25-28,31-34,73H,4-6,9,12-15,22-24,29-30,35-72H2,1-3H3/b10-7-,11-8-,19-16-,20-17-,21-18-,27-25-,28-26-,33-31-,34-32-. The first-order valence-corrected chi connectivity index (χ1v) is 34.9. The van der Waals surface area contributed by atoms with Crippen LogP contribution in [0.15, 0.2) is 109 Å². The molecule has 1 atom stereocenters. The summed E-state index contributed by atoms with van der Waals surface area (Å²) in [6.07, 6.45) is 95.4. The number of carbonyl (C=O) groups excluding carboxylic acids is 3. The number of rotatable bonds is 63. The van der Waals surface area contributed by atoms with E-state index in [1.807, 2.05) is 0 Å². The van der Waals surface area contributed by atoms with Gasteiger partial charge in [0.1, 0.15) is 13.2 Å². The van der Waals surface area contributed by atoms with Crippen LogP contribution in [0.3, 0.4) is 0 Å². The maximum atomic E-state index is 12.9. The lowest BCUT2D eigenvalue weighted by atomic mass is 10.0. The van der Waals surface area contributed by atoms with Gasteiger partial charge in [-0.1, -0.05) is 304 Å². The molecule has 0 radical (unpaired) electrons. The van der Waals surface area contributed by atoms with E-state index in [4.69, 9.17) is 14.2 Å². The molecule has 0 aliphatic carbocycles. The smallest absolute Gasteiger partial charge is 0.306 e. The van der Waals surface area contributed by atoms with E-state index in [2.05, 4.69) is 130 Å². The maximum absolute atomic E-state index is 12.9. The van der Waals surface area contributed by atoms with Gasteiger partial charge in [0.15, 0.2) is 6.10 Å². The summed E-state index contributed by atoms with van der Waals surface area (Å²) in [4.78, 5) is 38.4. The SMILES string of the molecule is CC/C=C\C/C=C\C/C=C\C/C=C\CCCCCCCCCCCCCCCCCCC(=O)OCC(COC(=O)CCCCCCC/C=C\CCCCC)OC(=O)CCCCCCCCCCCC/C=C\C/C=C\C/C=C\C/C=C\CC. The van der Waals surface area contributed by atoms with Gasteiger partial charge in [-0.15, -0.1) is 0 Å². The van der Waals surface area contributed by atoms with Crippen molar-refractivity contribution in [2.75, 3.05) is 13.2 Å². The highest BCUT2D eigenvalue weighted by atomic mass is 16.6. The second-order valence-electron chi connectivity index (χ2n) is 23.0. The Morgan fingerprint density at radius 1 is 0.256 bits per heavy atom. The minimum absolute atomic E-state index is 0.0803. The van der Waals surface area contributed by atoms with Crippen LogP contribution in [0.1, 0.15) is 335 Å². The molecule has 1 unspecified atom stereocenters. The quantitative estimate of drug-likeness (QED) is 0.0261. The molecule has 0 aromatic carbocycles. The molecule has 0 amide bonds. The lowest BCUT2D eigenvalue weighted by molar-refractivity contribution is -0.167. The summed E-state index contributed by atoms with van der Waals surface area (Å²) < 4.78 is 17.0. The lowest BCUT2D eigenvalue weighted by Gasteiger charge is -2.18. The molecule has 0 aromatic heterocycles. The molecular weight excluding hydrogens is 1010 g/mol. The molecule has 82 heavy (non-hydrogen) atoms. The molecular formula is C76H130O6. The normalized spacial score (nSPS) is 12.8. The van der Waals surface area contributed by atoms with Crippen LogP contribution in [0.4, 0.5) is 0 Å². The van der Waals surface area contributed by atoms with E-state index in [-0.39, 0.29) is 31.1 Å². The Hall–Kier alpha value is -3.93. The van der Waals surface area contributed by atoms with Crippen molar-refractivity contribution in [1.29, 1.82) is 0 Å². The van der Waals surface area contributed by atoms with Crippen molar-refractivity contribution in [2.24, 2.45) is 0 Å². The summed E-state index contributed by atoms with van der Waals surface area (Å²) >= 11 is 0. The highest BCUT2D eigenvalue weighted by Gasteiger charge is 2.19. The predicted molar refractivity (Wildman–Crippen MR) is 357 cm³/mol. The monoisotopic (exact) mass is 1140 g/mol. The van der Waals surface area contributed by atoms with Crippen LogP contribution < -0.4 is 0 Å². The third-order valence-electron chi connectivity index (χ3n) is 15.0. The van der Waals surface area contributed by atoms with E-state index in [0.29, 0.717) is 19.3 Å². The van der Waals surface area contributed by atoms with Gasteiger partial charge in [0, 0.05) is 19.3 Å². The van der Waals surface area contributed by atoms with Gasteiger partial charge in [0.05, 0.1) is 0 Å². The molecule has 0 heterocycles. The molecule has 0 bridgehead atoms. The highest BCUT2D eigenvalue weighted by Crippen LogP contribution is 2.17. The molecule has 0 fully saturated rings. The third kappa shape index (κ3) is 66.9. The van der Waals surface area contributed by atoms with E-state index >= 15 is 0 Å². The molecule has 0 saturated heterocycles. The zero-order valence-corrected chi connectivity index (χ0v) is 54.0. The second-order valence-corrected chi connectivity index (χ2v) is 23.0. The van der Waals surface area contributed by atoms with Crippen LogP contribution in [0.2, 0.25) is 0 Å². The molecule has 0 N–H and O–H groups in total. The first kappa shape index (κ1) is 78.1. The minimum atomic E-state index is -0.785. The predicted octanol–water partition coefficient (Wildman–Crippen LogP) is 24.2. The lowest BCUT2D eigenvalue weighted by Crippen LogP contribution is -2.30. The number of ether oxygens (including phenoxy) is 3. The van der Waals surface area contributed by atoms with Crippen molar-refractivity contribution in [3.05, 3.63) is 109 Å². The van der Waals surface area contributed by atoms with E-state index in [1.165, 1.54) is 180 Å². The Morgan fingerprint density at radius 2 is 0.476 bits per heavy atom. The molecule has 0 aliphatic rings. The van der Waals surface area contributed by atoms with Crippen molar-refractivity contribution in [3.63, 3.8) is 0 Å². The minimum Gasteiger partial charge on any atom is -0.462 e. The van der Waals surface area contributed by atoms with E-state index in [0.717, 1.165) is 116 Å². The summed E-state index contributed by atoms with van der Waals surface area (Å²) in [6, 6.07) is 0. The van der Waals surface area contributed by atoms with E-state index in [1.54, 1.807) is 0 Å². The summed E-state index contributed by atoms with van der Waals surface area (Å²) in [5.41, 5.74) is 0. The summed E-state index contributed by atoms with van der Waals surface area (Å²) in [6.45, 7) is 6.41. The Balaban J connectivity index is 4.24. The van der Waals surface area contributed by atoms with Crippen molar-refractivity contribution < 1.29 is 28.6 Å². The molecule has 470 valence electrons. The molecule has 0 aliphatic heterocycles. The number of allylic oxidation sites excluding steroid dienone is 18. The van der Waals surface area contributed by atoms with Gasteiger partial charge in [0.25, 0.3) is 0 Å². The van der Waals surface area contributed by atoms with Crippen LogP contribution in [0.25, 0.3) is 0 Å². The molecule has 0 aromatic rings. The second kappa shape index (κ2) is 69.6. The molecule has 0 rings (SSSR count). The van der Waals surface area contributed by atoms with Gasteiger partial charge in [-0.3, -0.25) is 14.4 Å². The van der Waals surface area contributed by atoms with Gasteiger partial charge in [0.2, 0.25) is 0 Å². The van der Waals surface area contributed by atoms with Crippen LogP contribution in [0, 0.1) is 0 Å². The number of unbranched alkanes of at least 4 members (excludes halogenated alkanes) is 34. The van der Waals surface area contributed by atoms with Crippen molar-refractivity contribution in [3.8, 4) is 0 Å². The Kier molecular flexibility index (Phi) is 66.2. The molecule has 6 nitrogen and oxygen atoms in total. The third-order valence-corrected chi connectivity index (χ3v) is 15.0. The zero-order valence-electron chi connectivity index (χ0n) is 54.0. The number of hydrogen-bond donors (Lipinski definition) is 0. The summed E-state index contributed by atoms with van der Waals surface area (Å²) in [5, 5.41) is 0. The largest absolute Gasteiger partial charge is 0.462 e. The van der Waals surface area contributed by atoms with Gasteiger partial charge in [-0.2, -0.15) is 0 Å². The van der Waals surface area contributed by atoms with Gasteiger partial charge >= 0.3 is 17.9 Å². The fourth-order valence-electron chi connectivity index (χ4n) is 9.83. The van der Waals surface area contributed by atoms with E-state index in [9.17, 15) is 14.4 Å². The molecule has 6 heteroatoms. The summed E-state index contributed by atoms with van der Waals surface area (Å²) in [5.74, 6) is -0.881. The van der Waals surface area contributed by atoms with Crippen LogP contribution in [-0.4, -0.2) is 37.2 Å². The Bertz CT molecular complexity index is 1640. The number of esters is 3. The Labute approximate surface area is 508 Å². The van der Waals surface area contributed by atoms with Crippen molar-refractivity contribution in [2.45, 2.75) is 341 Å². The first-order chi connectivity index (χ1) is 40.5. The Morgan fingerprint density at radius 3 is 0.756 bits per heavy atom. The first-order valence-electron chi connectivity index (χ1n) is 34.9. The highest BCUT2D eigenvalue weighted by molar-refractivity contribution is 5.71. The van der Waals surface area contributed by atoms with Crippen LogP contribution in [0.5, 0.6) is 0 Å². The van der Waals surface area contributed by atoms with Crippen LogP contribution >= 0.6 is 0 Å². The molecule has 0 spiro atoms. The van der Waals surface area contributed by atoms with Gasteiger partial charge < -0.3 is 14.2 Å². The number of hydrogen-bond acceptors (Lipinski definition) is 6. The van der Waals surface area contributed by atoms with Crippen molar-refractivity contribution in [1.82, 2.24) is 0 Å². The average molecular weight is 1140 g/mol. The topological polar surface area (TPSA) is 78.9 Å². The fraction of sp³-hybridized carbons (Fsp3) is 0.724. The average Bonchev–Trinajstić information content (AvgIpc) is 3.47. The van der Waals surface area contributed by atoms with Crippen molar-refractivity contribution >= 4 is 17.9 Å². The van der Waals surface area contributed by atoms with Gasteiger partial charge in [-0.05, 0) is 122 Å². The maximum Gasteiger partial charge on any atom is 0.306 e. The van der Waals surface area contributed by atoms with E-state index < -0.39 is 6.10 Å². The van der Waals surface area contributed by atoms with Gasteiger partial charge in [-0.25, -0.2) is 0 Å². The molecule has 0 saturated carbocycles. The zero-order chi connectivity index (χ0) is 59.2. The summed E-state index contributed by atoms with van der Waals surface area (Å²) in [7, 11) is 0. The number of carbonyl (C=O) groups is 3. The van der Waals surface area contributed by atoms with Crippen LogP contribution in [-0.2, 0) is 28.6 Å². The fourth-order valence-corrected chi connectivity index (χ4v) is 9.83.